The lowest BCUT2D eigenvalue weighted by molar-refractivity contribution is -0.138. The minimum absolute atomic E-state index is 0.133. The van der Waals surface area contributed by atoms with Crippen molar-refractivity contribution in [1.29, 1.82) is 0 Å². The van der Waals surface area contributed by atoms with Crippen molar-refractivity contribution in [3.05, 3.63) is 36.5 Å². The normalized spacial score (nSPS) is 10.4. The minimum Gasteiger partial charge on any atom is -0.461 e. The highest BCUT2D eigenvalue weighted by Crippen LogP contribution is 2.16. The van der Waals surface area contributed by atoms with Crippen molar-refractivity contribution < 1.29 is 14.3 Å². The number of H-pyrrole nitrogens is 1. The van der Waals surface area contributed by atoms with Crippen molar-refractivity contribution in [2.75, 3.05) is 25.0 Å². The molecule has 1 heterocycles. The van der Waals surface area contributed by atoms with Crippen LogP contribution in [-0.4, -0.2) is 41.8 Å². The summed E-state index contributed by atoms with van der Waals surface area (Å²) in [7, 11) is 0. The highest BCUT2D eigenvalue weighted by atomic mass is 16.5. The first kappa shape index (κ1) is 15.7. The molecule has 3 N–H and O–H groups in total. The van der Waals surface area contributed by atoms with Gasteiger partial charge in [0.05, 0.1) is 18.3 Å². The molecule has 7 nitrogen and oxygen atoms in total. The summed E-state index contributed by atoms with van der Waals surface area (Å²) in [6.07, 6.45) is 1.69. The van der Waals surface area contributed by atoms with Crippen molar-refractivity contribution in [3.8, 4) is 0 Å². The summed E-state index contributed by atoms with van der Waals surface area (Å²) in [6.45, 7) is 5.79. The fourth-order valence-electron chi connectivity index (χ4n) is 1.77. The second-order valence-corrected chi connectivity index (χ2v) is 4.81. The third kappa shape index (κ3) is 4.42. The molecule has 0 aliphatic carbocycles. The molecule has 1 aromatic carbocycles. The third-order valence-electron chi connectivity index (χ3n) is 2.87. The molecule has 0 saturated carbocycles. The van der Waals surface area contributed by atoms with E-state index in [1.54, 1.807) is 19.2 Å². The van der Waals surface area contributed by atoms with E-state index in [1.807, 2.05) is 12.1 Å². The van der Waals surface area contributed by atoms with Crippen LogP contribution < -0.4 is 10.6 Å². The summed E-state index contributed by atoms with van der Waals surface area (Å²) in [5.41, 5.74) is 1.97. The van der Waals surface area contributed by atoms with Crippen LogP contribution in [0.1, 0.15) is 6.92 Å². The number of hydrogen-bond acceptors (Lipinski definition) is 5. The van der Waals surface area contributed by atoms with E-state index < -0.39 is 5.97 Å². The van der Waals surface area contributed by atoms with E-state index >= 15 is 0 Å². The molecular weight excluding hydrogens is 284 g/mol. The van der Waals surface area contributed by atoms with Gasteiger partial charge in [-0.15, -0.1) is 0 Å². The second kappa shape index (κ2) is 7.37. The van der Waals surface area contributed by atoms with Crippen molar-refractivity contribution in [2.24, 2.45) is 0 Å². The lowest BCUT2D eigenvalue weighted by Crippen LogP contribution is -2.31. The van der Waals surface area contributed by atoms with Crippen LogP contribution in [0.15, 0.2) is 36.5 Å². The Kier molecular flexibility index (Phi) is 5.26. The summed E-state index contributed by atoms with van der Waals surface area (Å²) < 4.78 is 4.90. The number of carbonyl (C=O) groups is 2. The Morgan fingerprint density at radius 3 is 3.00 bits per heavy atom. The number of hydrogen-bond donors (Lipinski definition) is 3. The monoisotopic (exact) mass is 302 g/mol. The molecule has 0 saturated heterocycles. The molecule has 0 aliphatic rings. The molecule has 0 bridgehead atoms. The van der Waals surface area contributed by atoms with Crippen LogP contribution >= 0.6 is 0 Å². The quantitative estimate of drug-likeness (QED) is 0.406. The Morgan fingerprint density at radius 2 is 2.23 bits per heavy atom. The Labute approximate surface area is 127 Å². The third-order valence-corrected chi connectivity index (χ3v) is 2.87. The maximum atomic E-state index is 11.8. The fourth-order valence-corrected chi connectivity index (χ4v) is 1.77. The molecule has 22 heavy (non-hydrogen) atoms. The van der Waals surface area contributed by atoms with Crippen LogP contribution in [0.25, 0.3) is 10.9 Å². The first-order chi connectivity index (χ1) is 10.6. The number of fused-ring (bicyclic) bond motifs is 1. The number of carbonyl (C=O) groups excluding carboxylic acids is 2. The molecule has 0 unspecified atom stereocenters. The summed E-state index contributed by atoms with van der Waals surface area (Å²) in [5.74, 6) is -0.603. The largest absolute Gasteiger partial charge is 0.461 e. The van der Waals surface area contributed by atoms with Gasteiger partial charge in [0, 0.05) is 23.2 Å². The minimum atomic E-state index is -0.431. The number of nitrogens with one attached hydrogen (secondary N) is 3. The van der Waals surface area contributed by atoms with Gasteiger partial charge in [-0.05, 0) is 25.1 Å². The van der Waals surface area contributed by atoms with Gasteiger partial charge in [-0.3, -0.25) is 9.89 Å². The molecule has 7 heteroatoms. The zero-order chi connectivity index (χ0) is 15.9. The average Bonchev–Trinajstić information content (AvgIpc) is 2.94. The van der Waals surface area contributed by atoms with Gasteiger partial charge in [-0.1, -0.05) is 6.58 Å². The van der Waals surface area contributed by atoms with Crippen molar-refractivity contribution in [1.82, 2.24) is 15.5 Å². The first-order valence-electron chi connectivity index (χ1n) is 6.82. The van der Waals surface area contributed by atoms with Crippen LogP contribution in [-0.2, 0) is 14.3 Å². The Balaban J connectivity index is 1.69. The molecule has 2 aromatic rings. The van der Waals surface area contributed by atoms with E-state index in [-0.39, 0.29) is 19.1 Å². The Morgan fingerprint density at radius 1 is 1.41 bits per heavy atom. The smallest absolute Gasteiger partial charge is 0.333 e. The number of aromatic nitrogens is 2. The van der Waals surface area contributed by atoms with Crippen LogP contribution in [0.5, 0.6) is 0 Å². The SMILES string of the molecule is C=C(C)C(=O)OCCNCC(=O)Nc1ccc2[nH]ncc2c1. The number of amides is 1. The molecule has 0 aliphatic heterocycles. The number of aromatic amines is 1. The number of anilines is 1. The van der Waals surface area contributed by atoms with Crippen molar-refractivity contribution in [3.63, 3.8) is 0 Å². The zero-order valence-electron chi connectivity index (χ0n) is 12.3. The van der Waals surface area contributed by atoms with Crippen LogP contribution in [0.4, 0.5) is 5.69 Å². The molecule has 1 aromatic heterocycles. The predicted molar refractivity (Wildman–Crippen MR) is 83.4 cm³/mol. The van der Waals surface area contributed by atoms with Crippen molar-refractivity contribution in [2.45, 2.75) is 6.92 Å². The molecule has 116 valence electrons. The topological polar surface area (TPSA) is 96.1 Å². The van der Waals surface area contributed by atoms with Crippen LogP contribution in [0, 0.1) is 0 Å². The molecule has 1 amide bonds. The molecule has 0 spiro atoms. The summed E-state index contributed by atoms with van der Waals surface area (Å²) >= 11 is 0. The lowest BCUT2D eigenvalue weighted by atomic mass is 10.2. The first-order valence-corrected chi connectivity index (χ1v) is 6.82. The van der Waals surface area contributed by atoms with Crippen LogP contribution in [0.2, 0.25) is 0 Å². The molecule has 0 radical (unpaired) electrons. The summed E-state index contributed by atoms with van der Waals surface area (Å²) in [4.78, 5) is 22.9. The van der Waals surface area contributed by atoms with E-state index in [1.165, 1.54) is 0 Å². The van der Waals surface area contributed by atoms with Gasteiger partial charge in [0.2, 0.25) is 5.91 Å². The van der Waals surface area contributed by atoms with Gasteiger partial charge in [0.15, 0.2) is 0 Å². The maximum Gasteiger partial charge on any atom is 0.333 e. The van der Waals surface area contributed by atoms with E-state index in [4.69, 9.17) is 4.74 Å². The molecule has 0 fully saturated rings. The lowest BCUT2D eigenvalue weighted by Gasteiger charge is -2.07. The highest BCUT2D eigenvalue weighted by Gasteiger charge is 2.05. The van der Waals surface area contributed by atoms with Gasteiger partial charge in [0.25, 0.3) is 0 Å². The Bertz CT molecular complexity index is 693. The van der Waals surface area contributed by atoms with Gasteiger partial charge in [-0.25, -0.2) is 4.79 Å². The summed E-state index contributed by atoms with van der Waals surface area (Å²) in [5, 5.41) is 13.4. The number of ether oxygens (including phenoxy) is 1. The number of benzene rings is 1. The van der Waals surface area contributed by atoms with Crippen LogP contribution in [0.3, 0.4) is 0 Å². The van der Waals surface area contributed by atoms with E-state index in [0.29, 0.717) is 17.8 Å². The number of rotatable bonds is 7. The average molecular weight is 302 g/mol. The van der Waals surface area contributed by atoms with Gasteiger partial charge in [0.1, 0.15) is 6.61 Å². The maximum absolute atomic E-state index is 11.8. The summed E-state index contributed by atoms with van der Waals surface area (Å²) in [6, 6.07) is 5.49. The van der Waals surface area contributed by atoms with Crippen molar-refractivity contribution >= 4 is 28.5 Å². The highest BCUT2D eigenvalue weighted by molar-refractivity contribution is 5.94. The predicted octanol–water partition coefficient (Wildman–Crippen LogP) is 1.21. The number of nitrogens with zero attached hydrogens (tertiary/aromatic N) is 1. The molecule has 2 rings (SSSR count). The van der Waals surface area contributed by atoms with E-state index in [0.717, 1.165) is 10.9 Å². The van der Waals surface area contributed by atoms with Gasteiger partial charge < -0.3 is 15.4 Å². The van der Waals surface area contributed by atoms with Gasteiger partial charge in [-0.2, -0.15) is 5.10 Å². The van der Waals surface area contributed by atoms with E-state index in [2.05, 4.69) is 27.4 Å². The molecular formula is C15H18N4O3. The second-order valence-electron chi connectivity index (χ2n) is 4.81. The van der Waals surface area contributed by atoms with Gasteiger partial charge >= 0.3 is 5.97 Å². The van der Waals surface area contributed by atoms with E-state index in [9.17, 15) is 9.59 Å². The fraction of sp³-hybridized carbons (Fsp3) is 0.267. The standard InChI is InChI=1S/C15H18N4O3/c1-10(2)15(21)22-6-5-16-9-14(20)18-12-3-4-13-11(7-12)8-17-19-13/h3-4,7-8,16H,1,5-6,9H2,2H3,(H,17,19)(H,18,20). The number of esters is 1. The zero-order valence-corrected chi connectivity index (χ0v) is 12.3. The molecule has 0 atom stereocenters. The Hall–Kier alpha value is -2.67.